The molecule has 2 rings (SSSR count). The van der Waals surface area contributed by atoms with Crippen LogP contribution in [-0.2, 0) is 31.9 Å². The van der Waals surface area contributed by atoms with Gasteiger partial charge in [0.25, 0.3) is 0 Å². The zero-order valence-electron chi connectivity index (χ0n) is 21.2. The van der Waals surface area contributed by atoms with Crippen molar-refractivity contribution in [1.82, 2.24) is 15.6 Å². The summed E-state index contributed by atoms with van der Waals surface area (Å²) in [4.78, 5) is 42.7. The molecular formula is C27H37N3O5. The van der Waals surface area contributed by atoms with Crippen molar-refractivity contribution in [3.63, 3.8) is 0 Å². The monoisotopic (exact) mass is 483 g/mol. The van der Waals surface area contributed by atoms with Crippen molar-refractivity contribution in [2.75, 3.05) is 6.61 Å². The van der Waals surface area contributed by atoms with Crippen LogP contribution in [0.5, 0.6) is 0 Å². The molecule has 2 atom stereocenters. The molecule has 2 aromatic rings. The van der Waals surface area contributed by atoms with Gasteiger partial charge in [-0.05, 0) is 50.8 Å². The minimum absolute atomic E-state index is 0.119. The van der Waals surface area contributed by atoms with E-state index in [0.29, 0.717) is 12.8 Å². The number of carbonyl (C=O) groups excluding carboxylic acids is 3. The first kappa shape index (κ1) is 27.8. The van der Waals surface area contributed by atoms with Gasteiger partial charge < -0.3 is 20.1 Å². The van der Waals surface area contributed by atoms with E-state index in [0.717, 1.165) is 11.3 Å². The van der Waals surface area contributed by atoms with Crippen molar-refractivity contribution in [1.29, 1.82) is 0 Å². The molecule has 0 aliphatic heterocycles. The first-order valence-corrected chi connectivity index (χ1v) is 11.9. The number of nitrogens with zero attached hydrogens (tertiary/aromatic N) is 1. The van der Waals surface area contributed by atoms with Crippen LogP contribution in [0.25, 0.3) is 0 Å². The zero-order chi connectivity index (χ0) is 25.8. The van der Waals surface area contributed by atoms with Gasteiger partial charge in [-0.3, -0.25) is 9.78 Å². The van der Waals surface area contributed by atoms with E-state index in [-0.39, 0.29) is 18.9 Å². The van der Waals surface area contributed by atoms with Gasteiger partial charge in [0, 0.05) is 24.7 Å². The maximum Gasteiger partial charge on any atom is 0.407 e. The van der Waals surface area contributed by atoms with Crippen LogP contribution < -0.4 is 10.6 Å². The molecule has 2 amide bonds. The van der Waals surface area contributed by atoms with E-state index in [4.69, 9.17) is 9.47 Å². The lowest BCUT2D eigenvalue weighted by Crippen LogP contribution is -2.53. The van der Waals surface area contributed by atoms with E-state index >= 15 is 0 Å². The molecule has 0 fully saturated rings. The third-order valence-electron chi connectivity index (χ3n) is 4.92. The minimum Gasteiger partial charge on any atom is -0.458 e. The highest BCUT2D eigenvalue weighted by molar-refractivity contribution is 5.89. The van der Waals surface area contributed by atoms with Gasteiger partial charge in [-0.25, -0.2) is 9.59 Å². The summed E-state index contributed by atoms with van der Waals surface area (Å²) in [5, 5.41) is 5.43. The Labute approximate surface area is 207 Å². The van der Waals surface area contributed by atoms with Crippen molar-refractivity contribution >= 4 is 18.0 Å². The fourth-order valence-corrected chi connectivity index (χ4v) is 3.37. The number of ether oxygens (including phenoxy) is 2. The van der Waals surface area contributed by atoms with Crippen LogP contribution in [0, 0.1) is 5.92 Å². The Morgan fingerprint density at radius 2 is 1.63 bits per heavy atom. The van der Waals surface area contributed by atoms with Crippen LogP contribution in [0.3, 0.4) is 0 Å². The predicted molar refractivity (Wildman–Crippen MR) is 134 cm³/mol. The van der Waals surface area contributed by atoms with E-state index < -0.39 is 35.7 Å². The standard InChI is InChI=1S/C27H37N3O5/c1-19(2)17-22(30-26(33)34-16-14-21-13-9-10-15-28-21)24(31)29-23(25(32)35-27(3,4)5)18-20-11-7-6-8-12-20/h6-13,15,19,22-23H,14,16-18H2,1-5H3,(H,29,31)(H,30,33)/t22-,23+/m0/s1. The number of pyridine rings is 1. The highest BCUT2D eigenvalue weighted by Crippen LogP contribution is 2.13. The van der Waals surface area contributed by atoms with E-state index in [1.54, 1.807) is 27.0 Å². The summed E-state index contributed by atoms with van der Waals surface area (Å²) >= 11 is 0. The lowest BCUT2D eigenvalue weighted by Gasteiger charge is -2.27. The zero-order valence-corrected chi connectivity index (χ0v) is 21.2. The molecule has 0 saturated carbocycles. The molecule has 8 nitrogen and oxygen atoms in total. The summed E-state index contributed by atoms with van der Waals surface area (Å²) in [6.45, 7) is 9.35. The maximum atomic E-state index is 13.2. The summed E-state index contributed by atoms with van der Waals surface area (Å²) in [5.41, 5.74) is 0.980. The van der Waals surface area contributed by atoms with Gasteiger partial charge in [-0.15, -0.1) is 0 Å². The fraction of sp³-hybridized carbons (Fsp3) is 0.481. The van der Waals surface area contributed by atoms with Crippen LogP contribution in [-0.4, -0.2) is 47.2 Å². The number of amides is 2. The second-order valence-corrected chi connectivity index (χ2v) is 9.82. The van der Waals surface area contributed by atoms with Crippen LogP contribution >= 0.6 is 0 Å². The third kappa shape index (κ3) is 11.0. The average molecular weight is 484 g/mol. The lowest BCUT2D eigenvalue weighted by atomic mass is 10.0. The Morgan fingerprint density at radius 1 is 0.943 bits per heavy atom. The molecule has 8 heteroatoms. The molecule has 1 aromatic carbocycles. The SMILES string of the molecule is CC(C)C[C@H](NC(=O)OCCc1ccccn1)C(=O)N[C@H](Cc1ccccc1)C(=O)OC(C)(C)C. The summed E-state index contributed by atoms with van der Waals surface area (Å²) in [6.07, 6.45) is 2.10. The molecule has 2 N–H and O–H groups in total. The quantitative estimate of drug-likeness (QED) is 0.471. The Bertz CT molecular complexity index is 942. The van der Waals surface area contributed by atoms with Crippen LogP contribution in [0.4, 0.5) is 4.79 Å². The van der Waals surface area contributed by atoms with Crippen molar-refractivity contribution < 1.29 is 23.9 Å². The number of alkyl carbamates (subject to hydrolysis) is 1. The molecule has 1 heterocycles. The van der Waals surface area contributed by atoms with Crippen molar-refractivity contribution in [3.8, 4) is 0 Å². The van der Waals surface area contributed by atoms with Crippen LogP contribution in [0.1, 0.15) is 52.3 Å². The Kier molecular flexibility index (Phi) is 10.7. The molecule has 0 bridgehead atoms. The smallest absolute Gasteiger partial charge is 0.407 e. The number of esters is 1. The third-order valence-corrected chi connectivity index (χ3v) is 4.92. The number of hydrogen-bond acceptors (Lipinski definition) is 6. The molecule has 0 radical (unpaired) electrons. The minimum atomic E-state index is -0.902. The van der Waals surface area contributed by atoms with E-state index in [1.165, 1.54) is 0 Å². The maximum absolute atomic E-state index is 13.2. The van der Waals surface area contributed by atoms with E-state index in [1.807, 2.05) is 62.4 Å². The fourth-order valence-electron chi connectivity index (χ4n) is 3.37. The highest BCUT2D eigenvalue weighted by Gasteiger charge is 2.30. The molecule has 0 aliphatic rings. The van der Waals surface area contributed by atoms with Crippen molar-refractivity contribution in [3.05, 3.63) is 66.0 Å². The van der Waals surface area contributed by atoms with Crippen molar-refractivity contribution in [2.24, 2.45) is 5.92 Å². The van der Waals surface area contributed by atoms with Gasteiger partial charge in [0.2, 0.25) is 5.91 Å². The second-order valence-electron chi connectivity index (χ2n) is 9.82. The molecule has 0 spiro atoms. The molecule has 0 unspecified atom stereocenters. The summed E-state index contributed by atoms with van der Waals surface area (Å²) in [7, 11) is 0. The average Bonchev–Trinajstić information content (AvgIpc) is 2.78. The molecule has 35 heavy (non-hydrogen) atoms. The lowest BCUT2D eigenvalue weighted by molar-refractivity contribution is -0.158. The van der Waals surface area contributed by atoms with Gasteiger partial charge >= 0.3 is 12.1 Å². The first-order chi connectivity index (χ1) is 16.5. The van der Waals surface area contributed by atoms with E-state index in [2.05, 4.69) is 15.6 Å². The Balaban J connectivity index is 2.04. The highest BCUT2D eigenvalue weighted by atomic mass is 16.6. The summed E-state index contributed by atoms with van der Waals surface area (Å²) < 4.78 is 10.8. The number of rotatable bonds is 11. The van der Waals surface area contributed by atoms with Crippen LogP contribution in [0.2, 0.25) is 0 Å². The summed E-state index contributed by atoms with van der Waals surface area (Å²) in [6, 6.07) is 13.1. The molecular weight excluding hydrogens is 446 g/mol. The number of nitrogens with one attached hydrogen (secondary N) is 2. The topological polar surface area (TPSA) is 107 Å². The molecule has 190 valence electrons. The molecule has 0 aliphatic carbocycles. The number of carbonyl (C=O) groups is 3. The normalized spacial score (nSPS) is 13.0. The first-order valence-electron chi connectivity index (χ1n) is 11.9. The largest absolute Gasteiger partial charge is 0.458 e. The van der Waals surface area contributed by atoms with Gasteiger partial charge in [0.15, 0.2) is 0 Å². The van der Waals surface area contributed by atoms with Gasteiger partial charge in [0.1, 0.15) is 17.7 Å². The predicted octanol–water partition coefficient (Wildman–Crippen LogP) is 3.83. The van der Waals surface area contributed by atoms with Crippen LogP contribution in [0.15, 0.2) is 54.7 Å². The Morgan fingerprint density at radius 3 is 2.23 bits per heavy atom. The van der Waals surface area contributed by atoms with E-state index in [9.17, 15) is 14.4 Å². The van der Waals surface area contributed by atoms with Crippen molar-refractivity contribution in [2.45, 2.75) is 71.6 Å². The Hall–Kier alpha value is -3.42. The van der Waals surface area contributed by atoms with Gasteiger partial charge in [-0.2, -0.15) is 0 Å². The second kappa shape index (κ2) is 13.5. The summed E-state index contributed by atoms with van der Waals surface area (Å²) in [5.74, 6) is -0.878. The molecule has 0 saturated heterocycles. The molecule has 1 aromatic heterocycles. The van der Waals surface area contributed by atoms with Gasteiger partial charge in [-0.1, -0.05) is 50.2 Å². The number of benzene rings is 1. The number of hydrogen-bond donors (Lipinski definition) is 2. The van der Waals surface area contributed by atoms with Gasteiger partial charge in [0.05, 0.1) is 6.61 Å². The number of aromatic nitrogens is 1.